The van der Waals surface area contributed by atoms with Crippen molar-refractivity contribution >= 4 is 11.8 Å². The van der Waals surface area contributed by atoms with Gasteiger partial charge in [-0.25, -0.2) is 0 Å². The first-order valence-corrected chi connectivity index (χ1v) is 10.6. The molecule has 1 atom stereocenters. The Morgan fingerprint density at radius 2 is 1.93 bits per heavy atom. The average Bonchev–Trinajstić information content (AvgIpc) is 2.84. The highest BCUT2D eigenvalue weighted by atomic mass is 16.2. The van der Waals surface area contributed by atoms with E-state index < -0.39 is 0 Å². The molecule has 0 unspecified atom stereocenters. The largest absolute Gasteiger partial charge is 0.356 e. The maximum atomic E-state index is 12.6. The zero-order valence-electron chi connectivity index (χ0n) is 16.9. The number of nitrogens with zero attached hydrogens (tertiary/aromatic N) is 3. The summed E-state index contributed by atoms with van der Waals surface area (Å²) in [5, 5.41) is 7.54. The molecule has 1 aliphatic heterocycles. The summed E-state index contributed by atoms with van der Waals surface area (Å²) in [6.07, 6.45) is 9.23. The molecule has 2 amide bonds. The zero-order valence-corrected chi connectivity index (χ0v) is 16.9. The molecule has 1 saturated carbocycles. The fourth-order valence-corrected chi connectivity index (χ4v) is 4.49. The first-order valence-electron chi connectivity index (χ1n) is 10.6. The fourth-order valence-electron chi connectivity index (χ4n) is 4.49. The van der Waals surface area contributed by atoms with E-state index in [1.807, 2.05) is 16.5 Å². The molecule has 2 heterocycles. The first-order chi connectivity index (χ1) is 13.0. The number of hydrogen-bond acceptors (Lipinski definition) is 3. The number of carbonyl (C=O) groups is 2. The summed E-state index contributed by atoms with van der Waals surface area (Å²) in [4.78, 5) is 27.0. The van der Waals surface area contributed by atoms with Crippen LogP contribution in [0, 0.1) is 19.8 Å². The summed E-state index contributed by atoms with van der Waals surface area (Å²) in [6, 6.07) is 2.42. The van der Waals surface area contributed by atoms with Crippen LogP contribution in [0.4, 0.5) is 0 Å². The minimum atomic E-state index is -0.0559. The lowest BCUT2D eigenvalue weighted by Gasteiger charge is -2.37. The lowest BCUT2D eigenvalue weighted by Crippen LogP contribution is -2.50. The van der Waals surface area contributed by atoms with Gasteiger partial charge in [0.2, 0.25) is 11.8 Å². The third kappa shape index (κ3) is 5.33. The molecule has 3 rings (SSSR count). The Balaban J connectivity index is 1.45. The Hall–Kier alpha value is -1.85. The van der Waals surface area contributed by atoms with Crippen molar-refractivity contribution < 1.29 is 9.59 Å². The summed E-state index contributed by atoms with van der Waals surface area (Å²) in [5.41, 5.74) is 2.19. The topological polar surface area (TPSA) is 67.2 Å². The zero-order chi connectivity index (χ0) is 19.2. The standard InChI is InChI=1S/C21H34N4O2/c1-16-14-17(2)25(23-16)13-7-12-22-21(27)18-10-11-20(26)24(15-18)19-8-5-3-4-6-9-19/h14,18-19H,3-13,15H2,1-2H3,(H,22,27)/t18-/m0/s1. The number of amides is 2. The van der Waals surface area contributed by atoms with Crippen LogP contribution in [0.25, 0.3) is 0 Å². The SMILES string of the molecule is Cc1cc(C)n(CCCNC(=O)[C@H]2CCC(=O)N(C3CCCCCC3)C2)n1. The summed E-state index contributed by atoms with van der Waals surface area (Å²) in [7, 11) is 0. The molecule has 0 spiro atoms. The van der Waals surface area contributed by atoms with Crippen LogP contribution in [-0.4, -0.2) is 45.6 Å². The van der Waals surface area contributed by atoms with E-state index in [4.69, 9.17) is 0 Å². The van der Waals surface area contributed by atoms with Crippen LogP contribution in [0.5, 0.6) is 0 Å². The smallest absolute Gasteiger partial charge is 0.224 e. The summed E-state index contributed by atoms with van der Waals surface area (Å²) in [5.74, 6) is 0.296. The molecule has 1 aromatic heterocycles. The Labute approximate surface area is 162 Å². The number of likely N-dealkylation sites (tertiary alicyclic amines) is 1. The van der Waals surface area contributed by atoms with Crippen molar-refractivity contribution in [1.29, 1.82) is 0 Å². The molecule has 0 radical (unpaired) electrons. The van der Waals surface area contributed by atoms with E-state index in [1.165, 1.54) is 25.7 Å². The Morgan fingerprint density at radius 3 is 2.59 bits per heavy atom. The van der Waals surface area contributed by atoms with Crippen molar-refractivity contribution in [2.24, 2.45) is 5.92 Å². The molecule has 27 heavy (non-hydrogen) atoms. The maximum Gasteiger partial charge on any atom is 0.224 e. The highest BCUT2D eigenvalue weighted by molar-refractivity contribution is 5.84. The van der Waals surface area contributed by atoms with Crippen LogP contribution < -0.4 is 5.32 Å². The molecule has 1 saturated heterocycles. The summed E-state index contributed by atoms with van der Waals surface area (Å²) >= 11 is 0. The second kappa shape index (κ2) is 9.38. The van der Waals surface area contributed by atoms with E-state index in [0.717, 1.165) is 37.2 Å². The molecule has 2 fully saturated rings. The number of aryl methyl sites for hydroxylation is 3. The number of carbonyl (C=O) groups excluding carboxylic acids is 2. The van der Waals surface area contributed by atoms with Crippen LogP contribution in [0.3, 0.4) is 0 Å². The van der Waals surface area contributed by atoms with Gasteiger partial charge in [-0.1, -0.05) is 25.7 Å². The first kappa shape index (κ1) is 19.9. The highest BCUT2D eigenvalue weighted by Gasteiger charge is 2.34. The molecule has 2 aliphatic rings. The lowest BCUT2D eigenvalue weighted by atomic mass is 9.93. The fraction of sp³-hybridized carbons (Fsp3) is 0.762. The van der Waals surface area contributed by atoms with Gasteiger partial charge in [0.15, 0.2) is 0 Å². The molecule has 1 aliphatic carbocycles. The van der Waals surface area contributed by atoms with Crippen molar-refractivity contribution in [3.05, 3.63) is 17.5 Å². The Kier molecular flexibility index (Phi) is 6.91. The van der Waals surface area contributed by atoms with Crippen LogP contribution in [0.1, 0.15) is 69.2 Å². The predicted molar refractivity (Wildman–Crippen MR) is 105 cm³/mol. The van der Waals surface area contributed by atoms with Crippen LogP contribution in [-0.2, 0) is 16.1 Å². The van der Waals surface area contributed by atoms with Crippen LogP contribution in [0.15, 0.2) is 6.07 Å². The molecule has 1 aromatic rings. The highest BCUT2D eigenvalue weighted by Crippen LogP contribution is 2.27. The van der Waals surface area contributed by atoms with E-state index >= 15 is 0 Å². The minimum Gasteiger partial charge on any atom is -0.356 e. The van der Waals surface area contributed by atoms with E-state index in [2.05, 4.69) is 23.4 Å². The summed E-state index contributed by atoms with van der Waals surface area (Å²) in [6.45, 7) is 6.13. The van der Waals surface area contributed by atoms with Crippen molar-refractivity contribution in [2.75, 3.05) is 13.1 Å². The van der Waals surface area contributed by atoms with E-state index in [-0.39, 0.29) is 17.7 Å². The van der Waals surface area contributed by atoms with Gasteiger partial charge in [0.25, 0.3) is 0 Å². The second-order valence-corrected chi connectivity index (χ2v) is 8.22. The van der Waals surface area contributed by atoms with Gasteiger partial charge in [-0.15, -0.1) is 0 Å². The number of rotatable bonds is 6. The van der Waals surface area contributed by atoms with Gasteiger partial charge >= 0.3 is 0 Å². The molecular formula is C21H34N4O2. The molecular weight excluding hydrogens is 340 g/mol. The van der Waals surface area contributed by atoms with Crippen molar-refractivity contribution in [3.63, 3.8) is 0 Å². The van der Waals surface area contributed by atoms with Crippen LogP contribution >= 0.6 is 0 Å². The molecule has 6 nitrogen and oxygen atoms in total. The predicted octanol–water partition coefficient (Wildman–Crippen LogP) is 2.97. The number of piperidine rings is 1. The number of nitrogens with one attached hydrogen (secondary N) is 1. The molecule has 0 aromatic carbocycles. The van der Waals surface area contributed by atoms with Crippen molar-refractivity contribution in [3.8, 4) is 0 Å². The molecule has 6 heteroatoms. The number of aromatic nitrogens is 2. The lowest BCUT2D eigenvalue weighted by molar-refractivity contribution is -0.141. The minimum absolute atomic E-state index is 0.0559. The summed E-state index contributed by atoms with van der Waals surface area (Å²) < 4.78 is 1.99. The van der Waals surface area contributed by atoms with Gasteiger partial charge in [-0.05, 0) is 45.6 Å². The quantitative estimate of drug-likeness (QED) is 0.615. The third-order valence-electron chi connectivity index (χ3n) is 6.03. The van der Waals surface area contributed by atoms with E-state index in [1.54, 1.807) is 0 Å². The van der Waals surface area contributed by atoms with Gasteiger partial charge in [0, 0.05) is 37.8 Å². The monoisotopic (exact) mass is 374 g/mol. The van der Waals surface area contributed by atoms with Gasteiger partial charge in [-0.2, -0.15) is 5.10 Å². The van der Waals surface area contributed by atoms with Gasteiger partial charge in [0.1, 0.15) is 0 Å². The average molecular weight is 375 g/mol. The van der Waals surface area contributed by atoms with Gasteiger partial charge in [0.05, 0.1) is 11.6 Å². The Morgan fingerprint density at radius 1 is 1.19 bits per heavy atom. The van der Waals surface area contributed by atoms with Gasteiger partial charge < -0.3 is 10.2 Å². The Bertz CT molecular complexity index is 647. The normalized spacial score (nSPS) is 21.9. The molecule has 0 bridgehead atoms. The van der Waals surface area contributed by atoms with Gasteiger partial charge in [-0.3, -0.25) is 14.3 Å². The van der Waals surface area contributed by atoms with Crippen molar-refractivity contribution in [1.82, 2.24) is 20.0 Å². The molecule has 150 valence electrons. The van der Waals surface area contributed by atoms with E-state index in [0.29, 0.717) is 32.0 Å². The van der Waals surface area contributed by atoms with Crippen LogP contribution in [0.2, 0.25) is 0 Å². The van der Waals surface area contributed by atoms with E-state index in [9.17, 15) is 9.59 Å². The van der Waals surface area contributed by atoms with Crippen molar-refractivity contribution in [2.45, 2.75) is 84.2 Å². The third-order valence-corrected chi connectivity index (χ3v) is 6.03. The number of hydrogen-bond donors (Lipinski definition) is 1. The second-order valence-electron chi connectivity index (χ2n) is 8.22. The molecule has 1 N–H and O–H groups in total. The maximum absolute atomic E-state index is 12.6.